The van der Waals surface area contributed by atoms with Gasteiger partial charge in [-0.05, 0) is 71.8 Å². The molecule has 4 heterocycles. The first-order chi connectivity index (χ1) is 24.3. The molecule has 4 aromatic heterocycles. The largest absolute Gasteiger partial charge is 0.446 e. The van der Waals surface area contributed by atoms with E-state index in [9.17, 15) is 0 Å². The summed E-state index contributed by atoms with van der Waals surface area (Å²) < 4.78 is 10.5. The van der Waals surface area contributed by atoms with Crippen molar-refractivity contribution in [1.82, 2.24) is 19.1 Å². The van der Waals surface area contributed by atoms with Crippen molar-refractivity contribution in [3.63, 3.8) is 0 Å². The van der Waals surface area contributed by atoms with Crippen LogP contribution in [0.25, 0.3) is 89.0 Å². The van der Waals surface area contributed by atoms with Gasteiger partial charge in [-0.25, -0.2) is 4.98 Å². The lowest BCUT2D eigenvalue weighted by atomic mass is 9.96. The molecule has 0 spiro atoms. The van der Waals surface area contributed by atoms with Crippen LogP contribution in [0.1, 0.15) is 0 Å². The number of nitrogens with zero attached hydrogens (tertiary/aromatic N) is 4. The fourth-order valence-corrected chi connectivity index (χ4v) is 7.27. The predicted molar refractivity (Wildman–Crippen MR) is 199 cm³/mol. The molecular weight excluding hydrogens is 601 g/mol. The maximum Gasteiger partial charge on any atom is 0.230 e. The molecule has 0 bridgehead atoms. The third kappa shape index (κ3) is 4.33. The van der Waals surface area contributed by atoms with Crippen LogP contribution in [0.4, 0.5) is 0 Å². The first-order valence-corrected chi connectivity index (χ1v) is 16.4. The van der Waals surface area contributed by atoms with Crippen molar-refractivity contribution < 1.29 is 4.42 Å². The molecule has 6 aromatic carbocycles. The minimum Gasteiger partial charge on any atom is -0.446 e. The highest BCUT2D eigenvalue weighted by atomic mass is 16.3. The number of aromatic nitrogens is 4. The second kappa shape index (κ2) is 10.9. The average Bonchev–Trinajstić information content (AvgIpc) is 3.91. The van der Waals surface area contributed by atoms with Gasteiger partial charge in [0.1, 0.15) is 0 Å². The highest BCUT2D eigenvalue weighted by Gasteiger charge is 2.19. The second-order valence-corrected chi connectivity index (χ2v) is 12.3. The molecule has 0 unspecified atom stereocenters. The summed E-state index contributed by atoms with van der Waals surface area (Å²) >= 11 is 0. The van der Waals surface area contributed by atoms with E-state index in [1.807, 2.05) is 12.1 Å². The summed E-state index contributed by atoms with van der Waals surface area (Å²) in [6, 6.07) is 55.2. The summed E-state index contributed by atoms with van der Waals surface area (Å²) in [7, 11) is 0. The van der Waals surface area contributed by atoms with Crippen LogP contribution in [0.15, 0.2) is 175 Å². The molecule has 0 aliphatic carbocycles. The molecule has 230 valence electrons. The number of fused-ring (bicyclic) bond motifs is 6. The molecule has 10 rings (SSSR count). The van der Waals surface area contributed by atoms with E-state index in [-0.39, 0.29) is 0 Å². The maximum absolute atomic E-state index is 5.88. The van der Waals surface area contributed by atoms with Crippen molar-refractivity contribution in [2.24, 2.45) is 0 Å². The Bertz CT molecular complexity index is 2810. The van der Waals surface area contributed by atoms with Crippen molar-refractivity contribution in [1.29, 1.82) is 0 Å². The highest BCUT2D eigenvalue weighted by molar-refractivity contribution is 6.18. The number of para-hydroxylation sites is 2. The van der Waals surface area contributed by atoms with E-state index in [0.717, 1.165) is 44.7 Å². The molecule has 0 saturated carbocycles. The van der Waals surface area contributed by atoms with Crippen LogP contribution in [-0.4, -0.2) is 19.1 Å². The molecule has 0 saturated heterocycles. The minimum atomic E-state index is 0.569. The standard InChI is InChI=1S/C44H28N4O/c1-3-11-29(12-4-1)33-15-7-8-17-35(33)41-38-26-28-49-44(38)46-43(45-41)30-19-21-32(22-20-30)48-40-18-10-9-16-34(40)36-23-24-39-37(42(36)48)25-27-47(39)31-13-5-2-6-14-31/h1-28H. The Hall–Kier alpha value is -6.72. The second-order valence-electron chi connectivity index (χ2n) is 12.3. The molecule has 0 aliphatic rings. The zero-order valence-corrected chi connectivity index (χ0v) is 26.4. The molecule has 0 fully saturated rings. The SMILES string of the molecule is c1ccc(-c2ccccc2-c2nc(-c3ccc(-n4c5ccccc5c5ccc6c(ccn6-c6ccccc6)c54)cc3)nc3occc23)cc1. The molecule has 5 heteroatoms. The van der Waals surface area contributed by atoms with E-state index in [0.29, 0.717) is 11.5 Å². The average molecular weight is 629 g/mol. The van der Waals surface area contributed by atoms with E-state index >= 15 is 0 Å². The van der Waals surface area contributed by atoms with Gasteiger partial charge in [0.15, 0.2) is 5.82 Å². The molecule has 0 aliphatic heterocycles. The smallest absolute Gasteiger partial charge is 0.230 e. The number of hydrogen-bond acceptors (Lipinski definition) is 3. The number of rotatable bonds is 5. The van der Waals surface area contributed by atoms with Crippen molar-refractivity contribution in [3.8, 4) is 45.1 Å². The van der Waals surface area contributed by atoms with Gasteiger partial charge >= 0.3 is 0 Å². The Morgan fingerprint density at radius 2 is 1.18 bits per heavy atom. The van der Waals surface area contributed by atoms with E-state index in [4.69, 9.17) is 14.4 Å². The van der Waals surface area contributed by atoms with Gasteiger partial charge in [-0.3, -0.25) is 0 Å². The summed E-state index contributed by atoms with van der Waals surface area (Å²) in [5.74, 6) is 0.622. The third-order valence-electron chi connectivity index (χ3n) is 9.51. The van der Waals surface area contributed by atoms with Crippen molar-refractivity contribution >= 4 is 43.8 Å². The Morgan fingerprint density at radius 3 is 2.02 bits per heavy atom. The first kappa shape index (κ1) is 27.4. The van der Waals surface area contributed by atoms with Crippen molar-refractivity contribution in [2.75, 3.05) is 0 Å². The molecule has 0 amide bonds. The monoisotopic (exact) mass is 628 g/mol. The lowest BCUT2D eigenvalue weighted by molar-refractivity contribution is 0.603. The lowest BCUT2D eigenvalue weighted by Crippen LogP contribution is -1.97. The van der Waals surface area contributed by atoms with Gasteiger partial charge in [-0.15, -0.1) is 0 Å². The summed E-state index contributed by atoms with van der Waals surface area (Å²) in [6.45, 7) is 0. The fraction of sp³-hybridized carbons (Fsp3) is 0. The van der Waals surface area contributed by atoms with Crippen LogP contribution in [-0.2, 0) is 0 Å². The van der Waals surface area contributed by atoms with Crippen LogP contribution in [0.2, 0.25) is 0 Å². The van der Waals surface area contributed by atoms with Gasteiger partial charge in [0.2, 0.25) is 5.71 Å². The van der Waals surface area contributed by atoms with E-state index in [1.165, 1.54) is 32.7 Å². The molecule has 0 radical (unpaired) electrons. The Balaban J connectivity index is 1.13. The van der Waals surface area contributed by atoms with Crippen LogP contribution >= 0.6 is 0 Å². The summed E-state index contributed by atoms with van der Waals surface area (Å²) in [4.78, 5) is 10.1. The zero-order valence-electron chi connectivity index (χ0n) is 26.4. The third-order valence-corrected chi connectivity index (χ3v) is 9.51. The molecule has 49 heavy (non-hydrogen) atoms. The minimum absolute atomic E-state index is 0.569. The first-order valence-electron chi connectivity index (χ1n) is 16.4. The Morgan fingerprint density at radius 1 is 0.449 bits per heavy atom. The van der Waals surface area contributed by atoms with Gasteiger partial charge in [-0.1, -0.05) is 97.1 Å². The lowest BCUT2D eigenvalue weighted by Gasteiger charge is -2.12. The van der Waals surface area contributed by atoms with Crippen LogP contribution in [0.3, 0.4) is 0 Å². The number of hydrogen-bond donors (Lipinski definition) is 0. The summed E-state index contributed by atoms with van der Waals surface area (Å²) in [5.41, 5.74) is 11.4. The Labute approximate surface area is 282 Å². The number of benzene rings is 6. The normalized spacial score (nSPS) is 11.7. The predicted octanol–water partition coefficient (Wildman–Crippen LogP) is 11.3. The number of furan rings is 1. The van der Waals surface area contributed by atoms with E-state index < -0.39 is 0 Å². The van der Waals surface area contributed by atoms with Gasteiger partial charge in [0.05, 0.1) is 33.9 Å². The summed E-state index contributed by atoms with van der Waals surface area (Å²) in [6.07, 6.45) is 3.86. The maximum atomic E-state index is 5.88. The summed E-state index contributed by atoms with van der Waals surface area (Å²) in [5, 5.41) is 4.55. The van der Waals surface area contributed by atoms with Gasteiger partial charge in [0, 0.05) is 44.9 Å². The highest BCUT2D eigenvalue weighted by Crippen LogP contribution is 2.39. The van der Waals surface area contributed by atoms with Crippen molar-refractivity contribution in [2.45, 2.75) is 0 Å². The van der Waals surface area contributed by atoms with E-state index in [2.05, 4.69) is 161 Å². The van der Waals surface area contributed by atoms with Crippen LogP contribution in [0.5, 0.6) is 0 Å². The molecule has 0 atom stereocenters. The molecule has 10 aromatic rings. The topological polar surface area (TPSA) is 48.8 Å². The molecule has 5 nitrogen and oxygen atoms in total. The van der Waals surface area contributed by atoms with Crippen LogP contribution in [0, 0.1) is 0 Å². The molecule has 0 N–H and O–H groups in total. The zero-order chi connectivity index (χ0) is 32.3. The quantitative estimate of drug-likeness (QED) is 0.191. The van der Waals surface area contributed by atoms with Gasteiger partial charge in [-0.2, -0.15) is 4.98 Å². The Kier molecular flexibility index (Phi) is 6.11. The van der Waals surface area contributed by atoms with E-state index in [1.54, 1.807) is 6.26 Å². The van der Waals surface area contributed by atoms with Crippen molar-refractivity contribution in [3.05, 3.63) is 170 Å². The fourth-order valence-electron chi connectivity index (χ4n) is 7.27. The van der Waals surface area contributed by atoms with Gasteiger partial charge in [0.25, 0.3) is 0 Å². The van der Waals surface area contributed by atoms with Gasteiger partial charge < -0.3 is 13.6 Å². The van der Waals surface area contributed by atoms with Crippen LogP contribution < -0.4 is 0 Å². The molecular formula is C44H28N4O.